The molecule has 1 heterocycles. The van der Waals surface area contributed by atoms with Crippen LogP contribution in [0, 0.1) is 11.8 Å². The van der Waals surface area contributed by atoms with Crippen LogP contribution in [0.2, 0.25) is 0 Å². The number of rotatable bonds is 2. The SMILES string of the molecule is C#N.O[C@@H]([C@H]1CCCN1c1cccc(C(F)(F)F)c1)C(F)(F)F. The lowest BCUT2D eigenvalue weighted by molar-refractivity contribution is -0.209. The molecule has 1 fully saturated rings. The first-order valence-electron chi connectivity index (χ1n) is 6.55. The Balaban J connectivity index is 0.00000127. The average molecular weight is 340 g/mol. The van der Waals surface area contributed by atoms with Gasteiger partial charge in [-0.2, -0.15) is 26.3 Å². The molecule has 2 atom stereocenters. The second kappa shape index (κ2) is 7.08. The Labute approximate surface area is 128 Å². The average Bonchev–Trinajstić information content (AvgIpc) is 2.96. The third-order valence-corrected chi connectivity index (χ3v) is 3.50. The number of halogens is 6. The van der Waals surface area contributed by atoms with Crippen LogP contribution in [0.3, 0.4) is 0 Å². The minimum Gasteiger partial charge on any atom is -0.382 e. The van der Waals surface area contributed by atoms with E-state index in [9.17, 15) is 31.4 Å². The summed E-state index contributed by atoms with van der Waals surface area (Å²) in [6, 6.07) is 2.87. The van der Waals surface area contributed by atoms with E-state index in [0.717, 1.165) is 18.2 Å². The smallest absolute Gasteiger partial charge is 0.382 e. The van der Waals surface area contributed by atoms with Crippen LogP contribution in [0.5, 0.6) is 0 Å². The largest absolute Gasteiger partial charge is 0.416 e. The standard InChI is InChI=1S/C13H13F6NO.CHN/c14-12(15,16)8-3-1-4-9(7-8)20-6-2-5-10(20)11(21)13(17,18)19;1-2/h1,3-4,7,10-11,21H,2,5-6H2;1H/t10-,11+;/m1./s1. The highest BCUT2D eigenvalue weighted by Crippen LogP contribution is 2.36. The highest BCUT2D eigenvalue weighted by atomic mass is 19.4. The lowest BCUT2D eigenvalue weighted by atomic mass is 10.1. The zero-order chi connectivity index (χ0) is 17.8. The van der Waals surface area contributed by atoms with Gasteiger partial charge in [-0.1, -0.05) is 6.07 Å². The van der Waals surface area contributed by atoms with E-state index in [4.69, 9.17) is 5.26 Å². The molecule has 23 heavy (non-hydrogen) atoms. The third kappa shape index (κ3) is 4.51. The van der Waals surface area contributed by atoms with E-state index in [1.807, 2.05) is 0 Å². The Morgan fingerprint density at radius 3 is 2.30 bits per heavy atom. The van der Waals surface area contributed by atoms with Crippen molar-refractivity contribution < 1.29 is 31.4 Å². The summed E-state index contributed by atoms with van der Waals surface area (Å²) in [5.74, 6) is 0. The number of alkyl halides is 6. The van der Waals surface area contributed by atoms with Crippen LogP contribution < -0.4 is 4.90 Å². The predicted molar refractivity (Wildman–Crippen MR) is 70.5 cm³/mol. The lowest BCUT2D eigenvalue weighted by Gasteiger charge is -2.31. The fourth-order valence-corrected chi connectivity index (χ4v) is 2.52. The van der Waals surface area contributed by atoms with E-state index in [1.54, 1.807) is 0 Å². The normalized spacial score (nSPS) is 19.9. The number of benzene rings is 1. The van der Waals surface area contributed by atoms with Crippen LogP contribution in [0.4, 0.5) is 32.0 Å². The minimum atomic E-state index is -4.80. The van der Waals surface area contributed by atoms with Gasteiger partial charge < -0.3 is 10.0 Å². The maximum atomic E-state index is 12.7. The first-order valence-corrected chi connectivity index (χ1v) is 6.55. The van der Waals surface area contributed by atoms with Crippen molar-refractivity contribution in [1.82, 2.24) is 0 Å². The summed E-state index contributed by atoms with van der Waals surface area (Å²) in [5.41, 5.74) is -0.886. The molecule has 0 bridgehead atoms. The van der Waals surface area contributed by atoms with Crippen molar-refractivity contribution in [3.8, 4) is 6.57 Å². The molecule has 0 saturated carbocycles. The van der Waals surface area contributed by atoms with Gasteiger partial charge in [0.05, 0.1) is 11.6 Å². The zero-order valence-electron chi connectivity index (χ0n) is 11.8. The Bertz CT molecular complexity index is 540. The van der Waals surface area contributed by atoms with Gasteiger partial charge in [-0.05, 0) is 31.0 Å². The fourth-order valence-electron chi connectivity index (χ4n) is 2.52. The number of aliphatic hydroxyl groups is 1. The number of nitriles is 1. The first-order chi connectivity index (χ1) is 10.6. The van der Waals surface area contributed by atoms with Crippen molar-refractivity contribution in [3.05, 3.63) is 29.8 Å². The van der Waals surface area contributed by atoms with Crippen molar-refractivity contribution in [1.29, 1.82) is 5.26 Å². The lowest BCUT2D eigenvalue weighted by Crippen LogP contribution is -2.47. The highest BCUT2D eigenvalue weighted by molar-refractivity contribution is 5.51. The monoisotopic (exact) mass is 340 g/mol. The Morgan fingerprint density at radius 2 is 1.78 bits per heavy atom. The molecule has 128 valence electrons. The van der Waals surface area contributed by atoms with Gasteiger partial charge in [0.15, 0.2) is 6.10 Å². The molecule has 3 nitrogen and oxygen atoms in total. The van der Waals surface area contributed by atoms with E-state index in [0.29, 0.717) is 6.42 Å². The van der Waals surface area contributed by atoms with Crippen LogP contribution in [-0.2, 0) is 6.18 Å². The molecule has 0 aromatic heterocycles. The minimum absolute atomic E-state index is 0.0376. The molecule has 0 amide bonds. The molecule has 2 rings (SSSR count). The zero-order valence-corrected chi connectivity index (χ0v) is 11.8. The molecule has 0 aliphatic carbocycles. The molecule has 0 spiro atoms. The fraction of sp³-hybridized carbons (Fsp3) is 0.500. The Morgan fingerprint density at radius 1 is 1.17 bits per heavy atom. The molecule has 9 heteroatoms. The van der Waals surface area contributed by atoms with Crippen LogP contribution in [0.1, 0.15) is 18.4 Å². The van der Waals surface area contributed by atoms with E-state index in [1.165, 1.54) is 11.0 Å². The van der Waals surface area contributed by atoms with E-state index in [2.05, 4.69) is 6.57 Å². The van der Waals surface area contributed by atoms with Gasteiger partial charge in [-0.25, -0.2) is 5.26 Å². The maximum absolute atomic E-state index is 12.7. The highest BCUT2D eigenvalue weighted by Gasteiger charge is 2.47. The molecule has 1 aliphatic rings. The second-order valence-electron chi connectivity index (χ2n) is 4.94. The quantitative estimate of drug-likeness (QED) is 0.835. The van der Waals surface area contributed by atoms with Crippen LogP contribution >= 0.6 is 0 Å². The number of hydrogen-bond acceptors (Lipinski definition) is 3. The summed E-state index contributed by atoms with van der Waals surface area (Å²) < 4.78 is 75.8. The first kappa shape index (κ1) is 19.1. The number of nitrogens with zero attached hydrogens (tertiary/aromatic N) is 2. The van der Waals surface area contributed by atoms with Crippen LogP contribution in [0.15, 0.2) is 24.3 Å². The summed E-state index contributed by atoms with van der Waals surface area (Å²) in [5, 5.41) is 15.9. The van der Waals surface area contributed by atoms with E-state index in [-0.39, 0.29) is 18.7 Å². The molecule has 0 radical (unpaired) electrons. The van der Waals surface area contributed by atoms with Crippen LogP contribution in [-0.4, -0.2) is 30.0 Å². The number of hydrogen-bond donors (Lipinski definition) is 1. The van der Waals surface area contributed by atoms with Gasteiger partial charge in [0.2, 0.25) is 0 Å². The van der Waals surface area contributed by atoms with Crippen molar-refractivity contribution in [2.75, 3.05) is 11.4 Å². The number of anilines is 1. The van der Waals surface area contributed by atoms with Gasteiger partial charge in [0.1, 0.15) is 0 Å². The molecule has 1 N–H and O–H groups in total. The molecule has 1 aromatic carbocycles. The summed E-state index contributed by atoms with van der Waals surface area (Å²) >= 11 is 0. The van der Waals surface area contributed by atoms with E-state index < -0.39 is 30.1 Å². The summed E-state index contributed by atoms with van der Waals surface area (Å²) in [7, 11) is 0. The van der Waals surface area contributed by atoms with Crippen molar-refractivity contribution in [2.45, 2.75) is 37.3 Å². The molecular weight excluding hydrogens is 326 g/mol. The molecule has 1 aromatic rings. The van der Waals surface area contributed by atoms with Gasteiger partial charge >= 0.3 is 12.4 Å². The van der Waals surface area contributed by atoms with Gasteiger partial charge in [0, 0.05) is 18.8 Å². The van der Waals surface area contributed by atoms with Gasteiger partial charge in [-0.15, -0.1) is 0 Å². The molecule has 0 unspecified atom stereocenters. The summed E-state index contributed by atoms with van der Waals surface area (Å²) in [6.45, 7) is 3.68. The van der Waals surface area contributed by atoms with Gasteiger partial charge in [0.25, 0.3) is 0 Å². The topological polar surface area (TPSA) is 47.3 Å². The Kier molecular flexibility index (Phi) is 5.88. The summed E-state index contributed by atoms with van der Waals surface area (Å²) in [6.07, 6.45) is -11.5. The number of aliphatic hydroxyl groups excluding tert-OH is 1. The summed E-state index contributed by atoms with van der Waals surface area (Å²) in [4.78, 5) is 1.19. The molecular formula is C14H14F6N2O. The Hall–Kier alpha value is -1.95. The van der Waals surface area contributed by atoms with E-state index >= 15 is 0 Å². The van der Waals surface area contributed by atoms with Gasteiger partial charge in [-0.3, -0.25) is 0 Å². The van der Waals surface area contributed by atoms with Crippen LogP contribution in [0.25, 0.3) is 0 Å². The third-order valence-electron chi connectivity index (χ3n) is 3.50. The second-order valence-corrected chi connectivity index (χ2v) is 4.94. The maximum Gasteiger partial charge on any atom is 0.416 e. The molecule has 1 aliphatic heterocycles. The van der Waals surface area contributed by atoms with Crippen molar-refractivity contribution >= 4 is 5.69 Å². The predicted octanol–water partition coefficient (Wildman–Crippen LogP) is 3.74. The van der Waals surface area contributed by atoms with Crippen molar-refractivity contribution in [3.63, 3.8) is 0 Å². The molecule has 1 saturated heterocycles. The van der Waals surface area contributed by atoms with Crippen molar-refractivity contribution in [2.24, 2.45) is 0 Å².